The molecule has 0 aromatic rings. The first kappa shape index (κ1) is 19.0. The molecule has 0 aromatic heterocycles. The number of amides is 1. The highest BCUT2D eigenvalue weighted by Gasteiger charge is 2.44. The van der Waals surface area contributed by atoms with Gasteiger partial charge in [-0.15, -0.1) is 11.8 Å². The van der Waals surface area contributed by atoms with Crippen molar-refractivity contribution in [3.63, 3.8) is 0 Å². The van der Waals surface area contributed by atoms with Gasteiger partial charge in [0, 0.05) is 44.1 Å². The first-order chi connectivity index (χ1) is 12.7. The predicted molar refractivity (Wildman–Crippen MR) is 105 cm³/mol. The number of thioether (sulfide) groups is 1. The van der Waals surface area contributed by atoms with Gasteiger partial charge in [-0.05, 0) is 38.0 Å². The van der Waals surface area contributed by atoms with Gasteiger partial charge in [0.15, 0.2) is 0 Å². The van der Waals surface area contributed by atoms with Gasteiger partial charge in [0.25, 0.3) is 0 Å². The smallest absolute Gasteiger partial charge is 0.226 e. The van der Waals surface area contributed by atoms with Gasteiger partial charge in [0.05, 0.1) is 12.0 Å². The van der Waals surface area contributed by atoms with Crippen LogP contribution in [-0.4, -0.2) is 61.6 Å². The summed E-state index contributed by atoms with van der Waals surface area (Å²) < 4.78 is 5.83. The van der Waals surface area contributed by atoms with E-state index in [2.05, 4.69) is 28.2 Å². The summed E-state index contributed by atoms with van der Waals surface area (Å²) >= 11 is 1.87. The molecule has 4 aliphatic rings. The quantitative estimate of drug-likeness (QED) is 0.579. The summed E-state index contributed by atoms with van der Waals surface area (Å²) in [6.45, 7) is 5.08. The molecule has 8 atom stereocenters. The van der Waals surface area contributed by atoms with E-state index in [1.807, 2.05) is 18.9 Å². The molecule has 0 aromatic carbocycles. The number of hydrogen-bond acceptors (Lipinski definition) is 6. The first-order valence-corrected chi connectivity index (χ1v) is 11.3. The van der Waals surface area contributed by atoms with E-state index >= 15 is 0 Å². The second kappa shape index (κ2) is 8.35. The molecule has 148 valence electrons. The van der Waals surface area contributed by atoms with Crippen molar-refractivity contribution < 1.29 is 9.53 Å². The Bertz CT molecular complexity index is 496. The summed E-state index contributed by atoms with van der Waals surface area (Å²) in [7, 11) is 1.84. The Morgan fingerprint density at radius 2 is 2.00 bits per heavy atom. The topological polar surface area (TPSA) is 74.4 Å². The van der Waals surface area contributed by atoms with Crippen molar-refractivity contribution in [2.24, 2.45) is 17.8 Å². The molecule has 4 N–H and O–H groups in total. The van der Waals surface area contributed by atoms with Crippen LogP contribution in [0.5, 0.6) is 0 Å². The SMILES string of the molecule is COC1CCCCC1C1CC(C)NCC1C(=O)NC1NC2CNCC2S1. The van der Waals surface area contributed by atoms with Crippen molar-refractivity contribution in [1.29, 1.82) is 0 Å². The monoisotopic (exact) mass is 382 g/mol. The average molecular weight is 383 g/mol. The Morgan fingerprint density at radius 1 is 1.15 bits per heavy atom. The highest BCUT2D eigenvalue weighted by atomic mass is 32.2. The largest absolute Gasteiger partial charge is 0.381 e. The molecule has 8 unspecified atom stereocenters. The summed E-state index contributed by atoms with van der Waals surface area (Å²) in [5.41, 5.74) is 0.0594. The van der Waals surface area contributed by atoms with E-state index in [9.17, 15) is 4.79 Å². The molecule has 1 saturated carbocycles. The molecule has 0 radical (unpaired) electrons. The fraction of sp³-hybridized carbons (Fsp3) is 0.947. The van der Waals surface area contributed by atoms with E-state index < -0.39 is 0 Å². The van der Waals surface area contributed by atoms with Crippen LogP contribution in [0, 0.1) is 17.8 Å². The number of ether oxygens (including phenoxy) is 1. The normalized spacial score (nSPS) is 46.1. The van der Waals surface area contributed by atoms with Crippen LogP contribution in [0.15, 0.2) is 0 Å². The van der Waals surface area contributed by atoms with E-state index in [-0.39, 0.29) is 17.3 Å². The number of methoxy groups -OCH3 is 1. The van der Waals surface area contributed by atoms with Crippen molar-refractivity contribution in [1.82, 2.24) is 21.3 Å². The highest BCUT2D eigenvalue weighted by molar-refractivity contribution is 8.00. The van der Waals surface area contributed by atoms with E-state index in [0.29, 0.717) is 35.3 Å². The third-order valence-electron chi connectivity index (χ3n) is 6.88. The number of piperidine rings is 1. The second-order valence-corrected chi connectivity index (χ2v) is 9.88. The van der Waals surface area contributed by atoms with Crippen molar-refractivity contribution in [3.05, 3.63) is 0 Å². The maximum atomic E-state index is 13.2. The molecular formula is C19H34N4O2S. The highest BCUT2D eigenvalue weighted by Crippen LogP contribution is 2.40. The number of carbonyl (C=O) groups excluding carboxylic acids is 1. The molecule has 4 fully saturated rings. The minimum absolute atomic E-state index is 0.0490. The molecule has 26 heavy (non-hydrogen) atoms. The molecule has 0 bridgehead atoms. The van der Waals surface area contributed by atoms with Gasteiger partial charge in [-0.1, -0.05) is 12.8 Å². The molecule has 3 saturated heterocycles. The fourth-order valence-corrected chi connectivity index (χ4v) is 6.85. The number of nitrogens with one attached hydrogen (secondary N) is 4. The molecule has 1 amide bonds. The Kier molecular flexibility index (Phi) is 6.10. The Morgan fingerprint density at radius 3 is 2.81 bits per heavy atom. The van der Waals surface area contributed by atoms with Crippen molar-refractivity contribution in [2.75, 3.05) is 26.7 Å². The fourth-order valence-electron chi connectivity index (χ4n) is 5.49. The summed E-state index contributed by atoms with van der Waals surface area (Å²) in [6, 6.07) is 0.967. The van der Waals surface area contributed by atoms with Crippen LogP contribution in [0.3, 0.4) is 0 Å². The molecule has 3 aliphatic heterocycles. The average Bonchev–Trinajstić information content (AvgIpc) is 3.23. The lowest BCUT2D eigenvalue weighted by Gasteiger charge is -2.44. The molecule has 7 heteroatoms. The van der Waals surface area contributed by atoms with Gasteiger partial charge in [-0.25, -0.2) is 0 Å². The second-order valence-electron chi connectivity index (χ2n) is 8.53. The van der Waals surface area contributed by atoms with Gasteiger partial charge in [0.2, 0.25) is 5.91 Å². The zero-order valence-electron chi connectivity index (χ0n) is 16.0. The summed E-state index contributed by atoms with van der Waals surface area (Å²) in [5.74, 6) is 1.20. The maximum Gasteiger partial charge on any atom is 0.226 e. The van der Waals surface area contributed by atoms with Crippen LogP contribution < -0.4 is 21.3 Å². The number of rotatable bonds is 4. The van der Waals surface area contributed by atoms with Crippen LogP contribution in [0.4, 0.5) is 0 Å². The number of carbonyl (C=O) groups is 1. The van der Waals surface area contributed by atoms with Crippen molar-refractivity contribution in [2.45, 2.75) is 68.0 Å². The molecule has 0 spiro atoms. The first-order valence-electron chi connectivity index (χ1n) is 10.3. The lowest BCUT2D eigenvalue weighted by atomic mass is 9.68. The lowest BCUT2D eigenvalue weighted by molar-refractivity contribution is -0.130. The number of hydrogen-bond donors (Lipinski definition) is 4. The molecule has 4 rings (SSSR count). The third kappa shape index (κ3) is 3.92. The van der Waals surface area contributed by atoms with Crippen molar-refractivity contribution >= 4 is 17.7 Å². The van der Waals surface area contributed by atoms with E-state index in [4.69, 9.17) is 4.74 Å². The summed E-state index contributed by atoms with van der Waals surface area (Å²) in [6.07, 6.45) is 6.26. The van der Waals surface area contributed by atoms with Crippen LogP contribution in [-0.2, 0) is 9.53 Å². The van der Waals surface area contributed by atoms with Gasteiger partial charge < -0.3 is 20.7 Å². The maximum absolute atomic E-state index is 13.2. The van der Waals surface area contributed by atoms with Gasteiger partial charge in [-0.3, -0.25) is 10.1 Å². The lowest BCUT2D eigenvalue weighted by Crippen LogP contribution is -2.55. The summed E-state index contributed by atoms with van der Waals surface area (Å²) in [5, 5.41) is 14.4. The van der Waals surface area contributed by atoms with Crippen LogP contribution in [0.1, 0.15) is 39.0 Å². The Hall–Kier alpha value is -0.340. The Balaban J connectivity index is 1.41. The van der Waals surface area contributed by atoms with Crippen LogP contribution in [0.2, 0.25) is 0 Å². The van der Waals surface area contributed by atoms with Crippen molar-refractivity contribution in [3.8, 4) is 0 Å². The molecule has 1 aliphatic carbocycles. The third-order valence-corrected chi connectivity index (χ3v) is 8.25. The van der Waals surface area contributed by atoms with Gasteiger partial charge >= 0.3 is 0 Å². The van der Waals surface area contributed by atoms with E-state index in [0.717, 1.165) is 32.5 Å². The minimum Gasteiger partial charge on any atom is -0.381 e. The van der Waals surface area contributed by atoms with Crippen LogP contribution >= 0.6 is 11.8 Å². The van der Waals surface area contributed by atoms with Gasteiger partial charge in [0.1, 0.15) is 5.50 Å². The predicted octanol–water partition coefficient (Wildman–Crippen LogP) is 0.882. The van der Waals surface area contributed by atoms with Gasteiger partial charge in [-0.2, -0.15) is 0 Å². The van der Waals surface area contributed by atoms with Crippen LogP contribution in [0.25, 0.3) is 0 Å². The number of fused-ring (bicyclic) bond motifs is 1. The minimum atomic E-state index is 0.0490. The van der Waals surface area contributed by atoms with E-state index in [1.54, 1.807) is 0 Å². The molecular weight excluding hydrogens is 348 g/mol. The standard InChI is InChI=1S/C19H34N4O2S/c1-11-7-13(12-5-3-4-6-16(12)25-2)14(8-21-11)18(24)23-19-22-15-9-20-10-17(15)26-19/h11-17,19-22H,3-10H2,1-2H3,(H,23,24). The molecule has 6 nitrogen and oxygen atoms in total. The summed E-state index contributed by atoms with van der Waals surface area (Å²) in [4.78, 5) is 13.2. The van der Waals surface area contributed by atoms with E-state index in [1.165, 1.54) is 19.3 Å². The Labute approximate surface area is 161 Å². The zero-order chi connectivity index (χ0) is 18.1. The molecule has 3 heterocycles. The zero-order valence-corrected chi connectivity index (χ0v) is 16.8.